The number of nitro groups is 1. The summed E-state index contributed by atoms with van der Waals surface area (Å²) in [4.78, 5) is 10.1. The van der Waals surface area contributed by atoms with E-state index in [2.05, 4.69) is 5.32 Å². The Balaban J connectivity index is 2.09. The summed E-state index contributed by atoms with van der Waals surface area (Å²) in [5, 5.41) is 23.5. The van der Waals surface area contributed by atoms with Crippen LogP contribution >= 0.6 is 11.6 Å². The second-order valence-corrected chi connectivity index (χ2v) is 4.69. The van der Waals surface area contributed by atoms with Gasteiger partial charge in [-0.3, -0.25) is 10.1 Å². The zero-order valence-corrected chi connectivity index (χ0v) is 11.9. The van der Waals surface area contributed by atoms with Gasteiger partial charge in [-0.25, -0.2) is 0 Å². The molecule has 0 aromatic heterocycles. The number of nitrogens with one attached hydrogen (secondary N) is 1. The van der Waals surface area contributed by atoms with Crippen LogP contribution in [0, 0.1) is 10.1 Å². The van der Waals surface area contributed by atoms with Gasteiger partial charge in [0.05, 0.1) is 17.1 Å². The average molecular weight is 309 g/mol. The first-order valence-corrected chi connectivity index (χ1v) is 6.42. The number of anilines is 1. The van der Waals surface area contributed by atoms with E-state index in [0.717, 1.165) is 11.3 Å². The number of ether oxygens (including phenoxy) is 1. The van der Waals surface area contributed by atoms with Crippen molar-refractivity contribution in [2.75, 3.05) is 12.4 Å². The van der Waals surface area contributed by atoms with Crippen molar-refractivity contribution in [1.82, 2.24) is 0 Å². The molecule has 2 rings (SSSR count). The molecule has 0 unspecified atom stereocenters. The lowest BCUT2D eigenvalue weighted by Crippen LogP contribution is -2.00. The molecule has 0 radical (unpaired) electrons. The maximum Gasteiger partial charge on any atom is 0.269 e. The van der Waals surface area contributed by atoms with Gasteiger partial charge in [-0.1, -0.05) is 11.6 Å². The number of hydrogen-bond donors (Lipinski definition) is 2. The first kappa shape index (κ1) is 14.9. The topological polar surface area (TPSA) is 84.6 Å². The number of benzene rings is 2. The molecule has 6 nitrogen and oxygen atoms in total. The number of rotatable bonds is 5. The first-order chi connectivity index (χ1) is 10.0. The van der Waals surface area contributed by atoms with Crippen LogP contribution in [0.5, 0.6) is 11.5 Å². The van der Waals surface area contributed by atoms with Gasteiger partial charge in [-0.2, -0.15) is 0 Å². The molecule has 0 atom stereocenters. The van der Waals surface area contributed by atoms with Crippen molar-refractivity contribution >= 4 is 23.0 Å². The summed E-state index contributed by atoms with van der Waals surface area (Å²) in [5.74, 6) is 0.196. The third kappa shape index (κ3) is 3.55. The first-order valence-electron chi connectivity index (χ1n) is 6.05. The van der Waals surface area contributed by atoms with Crippen LogP contribution < -0.4 is 10.1 Å². The standard InChI is InChI=1S/C14H13ClN2O4/c1-21-13-7-9(6-12(15)14(13)18)8-16-10-2-4-11(5-3-10)17(19)20/h2-7,16,18H,8H2,1H3. The lowest BCUT2D eigenvalue weighted by Gasteiger charge is -2.10. The van der Waals surface area contributed by atoms with Crippen molar-refractivity contribution in [2.45, 2.75) is 6.54 Å². The van der Waals surface area contributed by atoms with E-state index < -0.39 is 4.92 Å². The number of phenolic OH excluding ortho intramolecular Hbond substituents is 1. The number of methoxy groups -OCH3 is 1. The Morgan fingerprint density at radius 2 is 2.00 bits per heavy atom. The molecule has 0 heterocycles. The molecule has 0 amide bonds. The van der Waals surface area contributed by atoms with Crippen LogP contribution in [0.1, 0.15) is 5.56 Å². The number of nitrogens with zero attached hydrogens (tertiary/aromatic N) is 1. The highest BCUT2D eigenvalue weighted by Crippen LogP contribution is 2.35. The van der Waals surface area contributed by atoms with Gasteiger partial charge in [0.1, 0.15) is 0 Å². The molecule has 0 aliphatic heterocycles. The van der Waals surface area contributed by atoms with E-state index in [1.165, 1.54) is 19.2 Å². The van der Waals surface area contributed by atoms with Crippen LogP contribution in [0.2, 0.25) is 5.02 Å². The Bertz CT molecular complexity index is 659. The molecule has 0 spiro atoms. The third-order valence-corrected chi connectivity index (χ3v) is 3.17. The van der Waals surface area contributed by atoms with E-state index in [0.29, 0.717) is 12.3 Å². The van der Waals surface area contributed by atoms with Gasteiger partial charge in [0.2, 0.25) is 0 Å². The highest BCUT2D eigenvalue weighted by Gasteiger charge is 2.09. The summed E-state index contributed by atoms with van der Waals surface area (Å²) in [7, 11) is 1.44. The van der Waals surface area contributed by atoms with E-state index in [1.807, 2.05) is 0 Å². The molecule has 2 N–H and O–H groups in total. The van der Waals surface area contributed by atoms with Gasteiger partial charge in [0.15, 0.2) is 11.5 Å². The number of nitro benzene ring substituents is 1. The highest BCUT2D eigenvalue weighted by molar-refractivity contribution is 6.32. The van der Waals surface area contributed by atoms with Gasteiger partial charge in [-0.05, 0) is 29.8 Å². The van der Waals surface area contributed by atoms with Gasteiger partial charge in [0, 0.05) is 24.4 Å². The fraction of sp³-hybridized carbons (Fsp3) is 0.143. The van der Waals surface area contributed by atoms with Crippen molar-refractivity contribution in [2.24, 2.45) is 0 Å². The molecule has 0 aliphatic carbocycles. The highest BCUT2D eigenvalue weighted by atomic mass is 35.5. The van der Waals surface area contributed by atoms with Crippen LogP contribution in [-0.4, -0.2) is 17.1 Å². The number of halogens is 1. The molecule has 7 heteroatoms. The van der Waals surface area contributed by atoms with Crippen LogP contribution in [0.15, 0.2) is 36.4 Å². The summed E-state index contributed by atoms with van der Waals surface area (Å²) in [6.07, 6.45) is 0. The fourth-order valence-electron chi connectivity index (χ4n) is 1.79. The third-order valence-electron chi connectivity index (χ3n) is 2.88. The number of aromatic hydroxyl groups is 1. The number of hydrogen-bond acceptors (Lipinski definition) is 5. The quantitative estimate of drug-likeness (QED) is 0.651. The van der Waals surface area contributed by atoms with Gasteiger partial charge in [0.25, 0.3) is 5.69 Å². The van der Waals surface area contributed by atoms with E-state index in [-0.39, 0.29) is 16.5 Å². The van der Waals surface area contributed by atoms with Gasteiger partial charge >= 0.3 is 0 Å². The minimum Gasteiger partial charge on any atom is -0.503 e. The van der Waals surface area contributed by atoms with Gasteiger partial charge in [-0.15, -0.1) is 0 Å². The monoisotopic (exact) mass is 308 g/mol. The maximum absolute atomic E-state index is 10.6. The molecule has 0 bridgehead atoms. The number of non-ortho nitro benzene ring substituents is 1. The minimum absolute atomic E-state index is 0.0369. The molecule has 2 aromatic rings. The lowest BCUT2D eigenvalue weighted by molar-refractivity contribution is -0.384. The second-order valence-electron chi connectivity index (χ2n) is 4.29. The Morgan fingerprint density at radius 3 is 2.57 bits per heavy atom. The summed E-state index contributed by atoms with van der Waals surface area (Å²) >= 11 is 5.90. The summed E-state index contributed by atoms with van der Waals surface area (Å²) in [5.41, 5.74) is 1.59. The van der Waals surface area contributed by atoms with Crippen molar-refractivity contribution < 1.29 is 14.8 Å². The normalized spacial score (nSPS) is 10.2. The fourth-order valence-corrected chi connectivity index (χ4v) is 2.02. The molecule has 2 aromatic carbocycles. The zero-order chi connectivity index (χ0) is 15.4. The molecule has 0 saturated carbocycles. The Labute approximate surface area is 126 Å². The van der Waals surface area contributed by atoms with Crippen molar-refractivity contribution in [3.8, 4) is 11.5 Å². The van der Waals surface area contributed by atoms with Crippen LogP contribution in [0.25, 0.3) is 0 Å². The second kappa shape index (κ2) is 6.32. The van der Waals surface area contributed by atoms with Crippen molar-refractivity contribution in [3.05, 3.63) is 57.1 Å². The van der Waals surface area contributed by atoms with E-state index >= 15 is 0 Å². The van der Waals surface area contributed by atoms with Crippen molar-refractivity contribution in [1.29, 1.82) is 0 Å². The Morgan fingerprint density at radius 1 is 1.33 bits per heavy atom. The van der Waals surface area contributed by atoms with Crippen LogP contribution in [0.4, 0.5) is 11.4 Å². The predicted molar refractivity (Wildman–Crippen MR) is 80.1 cm³/mol. The number of phenols is 1. The smallest absolute Gasteiger partial charge is 0.269 e. The minimum atomic E-state index is -0.450. The molecule has 0 aliphatic rings. The Hall–Kier alpha value is -2.47. The zero-order valence-electron chi connectivity index (χ0n) is 11.2. The lowest BCUT2D eigenvalue weighted by atomic mass is 10.2. The SMILES string of the molecule is COc1cc(CNc2ccc([N+](=O)[O-])cc2)cc(Cl)c1O. The Kier molecular flexibility index (Phi) is 4.49. The molecular weight excluding hydrogens is 296 g/mol. The molecule has 110 valence electrons. The summed E-state index contributed by atoms with van der Waals surface area (Å²) in [6, 6.07) is 9.38. The van der Waals surface area contributed by atoms with Gasteiger partial charge < -0.3 is 15.2 Å². The molecule has 21 heavy (non-hydrogen) atoms. The van der Waals surface area contributed by atoms with E-state index in [9.17, 15) is 15.2 Å². The van der Waals surface area contributed by atoms with Crippen LogP contribution in [0.3, 0.4) is 0 Å². The van der Waals surface area contributed by atoms with Crippen LogP contribution in [-0.2, 0) is 6.54 Å². The molecule has 0 saturated heterocycles. The molecular formula is C14H13ClN2O4. The summed E-state index contributed by atoms with van der Waals surface area (Å²) in [6.45, 7) is 0.439. The average Bonchev–Trinajstić information content (AvgIpc) is 2.48. The molecule has 0 fully saturated rings. The maximum atomic E-state index is 10.6. The van der Waals surface area contributed by atoms with E-state index in [4.69, 9.17) is 16.3 Å². The predicted octanol–water partition coefficient (Wildman–Crippen LogP) is 3.57. The summed E-state index contributed by atoms with van der Waals surface area (Å²) < 4.78 is 5.02. The largest absolute Gasteiger partial charge is 0.503 e. The van der Waals surface area contributed by atoms with E-state index in [1.54, 1.807) is 24.3 Å². The van der Waals surface area contributed by atoms with Crippen molar-refractivity contribution in [3.63, 3.8) is 0 Å².